The number of hydrogen-bond donors (Lipinski definition) is 4. The third kappa shape index (κ3) is 8.69. The lowest BCUT2D eigenvalue weighted by Crippen LogP contribution is -2.55. The molecule has 8 atom stereocenters. The van der Waals surface area contributed by atoms with Crippen molar-refractivity contribution in [2.75, 3.05) is 27.4 Å². The van der Waals surface area contributed by atoms with Crippen LogP contribution < -0.4 is 10.6 Å². The normalized spacial score (nSPS) is 27.0. The van der Waals surface area contributed by atoms with Gasteiger partial charge in [0.25, 0.3) is 0 Å². The first kappa shape index (κ1) is 44.1. The lowest BCUT2D eigenvalue weighted by Gasteiger charge is -2.38. The lowest BCUT2D eigenvalue weighted by atomic mass is 9.86. The molecule has 2 aromatic heterocycles. The van der Waals surface area contributed by atoms with Crippen molar-refractivity contribution in [1.82, 2.24) is 40.4 Å². The maximum absolute atomic E-state index is 14.4. The molecule has 16 nitrogen and oxygen atoms in total. The van der Waals surface area contributed by atoms with Gasteiger partial charge in [0.1, 0.15) is 23.7 Å². The molecule has 4 N–H and O–H groups in total. The number of aromatic amines is 2. The molecule has 2 aliphatic carbocycles. The van der Waals surface area contributed by atoms with E-state index in [0.29, 0.717) is 26.1 Å². The maximum Gasteiger partial charge on any atom is 0.407 e. The van der Waals surface area contributed by atoms with Crippen LogP contribution >= 0.6 is 0 Å². The second-order valence-electron chi connectivity index (χ2n) is 19.7. The van der Waals surface area contributed by atoms with Crippen LogP contribution in [0.15, 0.2) is 60.9 Å². The molecular formula is C50H62N8O8. The van der Waals surface area contributed by atoms with Crippen molar-refractivity contribution in [1.29, 1.82) is 0 Å². The van der Waals surface area contributed by atoms with E-state index in [9.17, 15) is 19.2 Å². The molecule has 16 heteroatoms. The molecule has 0 radical (unpaired) electrons. The van der Waals surface area contributed by atoms with Gasteiger partial charge < -0.3 is 49.3 Å². The van der Waals surface area contributed by atoms with Crippen LogP contribution in [-0.4, -0.2) is 117 Å². The highest BCUT2D eigenvalue weighted by atomic mass is 16.5. The minimum absolute atomic E-state index is 0.0146. The van der Waals surface area contributed by atoms with Gasteiger partial charge in [0.05, 0.1) is 61.3 Å². The minimum atomic E-state index is -0.700. The molecule has 4 amide bonds. The first-order valence-electron chi connectivity index (χ1n) is 23.9. The van der Waals surface area contributed by atoms with Gasteiger partial charge in [0.2, 0.25) is 11.8 Å². The molecular weight excluding hydrogens is 841 g/mol. The smallest absolute Gasteiger partial charge is 0.407 e. The first-order valence-corrected chi connectivity index (χ1v) is 23.9. The third-order valence-corrected chi connectivity index (χ3v) is 15.5. The number of rotatable bonds is 11. The monoisotopic (exact) mass is 902 g/mol. The van der Waals surface area contributed by atoms with Crippen molar-refractivity contribution in [3.8, 4) is 33.6 Å². The third-order valence-electron chi connectivity index (χ3n) is 15.5. The van der Waals surface area contributed by atoms with E-state index in [4.69, 9.17) is 28.9 Å². The van der Waals surface area contributed by atoms with Crippen molar-refractivity contribution in [3.63, 3.8) is 0 Å². The molecule has 2 saturated carbocycles. The zero-order chi connectivity index (χ0) is 45.7. The summed E-state index contributed by atoms with van der Waals surface area (Å²) >= 11 is 0. The number of amides is 4. The number of benzene rings is 2. The van der Waals surface area contributed by atoms with Crippen LogP contribution in [0.25, 0.3) is 33.6 Å². The molecule has 6 aliphatic rings. The van der Waals surface area contributed by atoms with Crippen molar-refractivity contribution in [2.45, 2.75) is 138 Å². The van der Waals surface area contributed by atoms with Crippen molar-refractivity contribution < 1.29 is 38.1 Å². The van der Waals surface area contributed by atoms with E-state index in [0.717, 1.165) is 109 Å². The number of hydrogen-bond acceptors (Lipinski definition) is 10. The van der Waals surface area contributed by atoms with Crippen LogP contribution in [0.4, 0.5) is 9.59 Å². The van der Waals surface area contributed by atoms with Crippen LogP contribution in [0.1, 0.15) is 115 Å². The highest BCUT2D eigenvalue weighted by Gasteiger charge is 2.53. The van der Waals surface area contributed by atoms with E-state index in [2.05, 4.69) is 83.0 Å². The van der Waals surface area contributed by atoms with E-state index < -0.39 is 24.3 Å². The Morgan fingerprint density at radius 2 is 0.985 bits per heavy atom. The summed E-state index contributed by atoms with van der Waals surface area (Å²) in [6, 6.07) is 14.7. The Morgan fingerprint density at radius 1 is 0.606 bits per heavy atom. The predicted molar refractivity (Wildman–Crippen MR) is 244 cm³/mol. The van der Waals surface area contributed by atoms with E-state index >= 15 is 0 Å². The lowest BCUT2D eigenvalue weighted by molar-refractivity contribution is -0.140. The van der Waals surface area contributed by atoms with Gasteiger partial charge in [0.15, 0.2) is 0 Å². The molecule has 4 saturated heterocycles. The van der Waals surface area contributed by atoms with E-state index in [1.165, 1.54) is 14.2 Å². The Hall–Kier alpha value is -5.74. The van der Waals surface area contributed by atoms with Gasteiger partial charge in [-0.1, -0.05) is 48.5 Å². The van der Waals surface area contributed by atoms with Crippen molar-refractivity contribution in [2.24, 2.45) is 11.8 Å². The average molecular weight is 903 g/mol. The summed E-state index contributed by atoms with van der Waals surface area (Å²) in [7, 11) is 2.65. The summed E-state index contributed by atoms with van der Waals surface area (Å²) in [6.07, 6.45) is 12.5. The van der Waals surface area contributed by atoms with Crippen molar-refractivity contribution >= 4 is 24.0 Å². The standard InChI is InChI=1S/C50H62N8O8/c1-29-5-15-39(57(29)45(59)41(55-47(61)63-3)35-17-23-65-49(25-35)19-20-49)43-51-27-37(53-43)33-11-7-31(8-12-33)32-9-13-34(14-10-32)38-28-52-44(54-38)40-16-6-30(2)58(40)46(60)42(56-48(62)64-4)36-18-24-66-50(26-36)21-22-50/h7-14,27-30,35-36,39-42H,5-6,15-26H2,1-4H3,(H,51,53)(H,52,54)(H,55,61)(H,56,62). The summed E-state index contributed by atoms with van der Waals surface area (Å²) in [5, 5.41) is 5.80. The van der Waals surface area contributed by atoms with Crippen LogP contribution in [0.2, 0.25) is 0 Å². The molecule has 2 spiro atoms. The fourth-order valence-corrected chi connectivity index (χ4v) is 11.4. The summed E-state index contributed by atoms with van der Waals surface area (Å²) in [4.78, 5) is 74.4. The first-order chi connectivity index (χ1) is 32.0. The molecule has 8 unspecified atom stereocenters. The number of nitrogens with one attached hydrogen (secondary N) is 4. The highest BCUT2D eigenvalue weighted by molar-refractivity contribution is 5.88. The highest BCUT2D eigenvalue weighted by Crippen LogP contribution is 2.51. The van der Waals surface area contributed by atoms with Crippen LogP contribution in [0, 0.1) is 11.8 Å². The quantitative estimate of drug-likeness (QED) is 0.117. The Morgan fingerprint density at radius 3 is 1.35 bits per heavy atom. The summed E-state index contributed by atoms with van der Waals surface area (Å²) in [5.74, 6) is 1.20. The fraction of sp³-hybridized carbons (Fsp3) is 0.560. The molecule has 4 aromatic rings. The molecule has 2 aromatic carbocycles. The van der Waals surface area contributed by atoms with Crippen LogP contribution in [0.5, 0.6) is 0 Å². The maximum atomic E-state index is 14.4. The zero-order valence-electron chi connectivity index (χ0n) is 38.3. The number of alkyl carbamates (subject to hydrolysis) is 2. The largest absolute Gasteiger partial charge is 0.453 e. The predicted octanol–water partition coefficient (Wildman–Crippen LogP) is 7.61. The number of carbonyl (C=O) groups excluding carboxylic acids is 4. The summed E-state index contributed by atoms with van der Waals surface area (Å²) in [5.41, 5.74) is 5.49. The second-order valence-corrected chi connectivity index (χ2v) is 19.7. The minimum Gasteiger partial charge on any atom is -0.453 e. The number of methoxy groups -OCH3 is 2. The molecule has 6 fully saturated rings. The molecule has 0 bridgehead atoms. The number of H-pyrrole nitrogens is 2. The van der Waals surface area contributed by atoms with Gasteiger partial charge in [-0.25, -0.2) is 19.6 Å². The van der Waals surface area contributed by atoms with Gasteiger partial charge in [-0.3, -0.25) is 9.59 Å². The van der Waals surface area contributed by atoms with Gasteiger partial charge in [-0.2, -0.15) is 0 Å². The van der Waals surface area contributed by atoms with Gasteiger partial charge in [-0.15, -0.1) is 0 Å². The molecule has 6 heterocycles. The summed E-state index contributed by atoms with van der Waals surface area (Å²) in [6.45, 7) is 5.29. The Bertz CT molecular complexity index is 2260. The van der Waals surface area contributed by atoms with Gasteiger partial charge in [-0.05, 0) is 125 Å². The number of ether oxygens (including phenoxy) is 4. The number of nitrogens with zero attached hydrogens (tertiary/aromatic N) is 4. The molecule has 4 aliphatic heterocycles. The Balaban J connectivity index is 0.802. The van der Waals surface area contributed by atoms with Gasteiger partial charge in [0, 0.05) is 25.3 Å². The Kier molecular flexibility index (Phi) is 11.9. The number of carbonyl (C=O) groups is 4. The van der Waals surface area contributed by atoms with E-state index in [1.54, 1.807) is 0 Å². The zero-order valence-corrected chi connectivity index (χ0v) is 38.3. The average Bonchev–Trinajstić information content (AvgIpc) is 3.87. The fourth-order valence-electron chi connectivity index (χ4n) is 11.4. The molecule has 10 rings (SSSR count). The second kappa shape index (κ2) is 17.8. The summed E-state index contributed by atoms with van der Waals surface area (Å²) < 4.78 is 22.0. The van der Waals surface area contributed by atoms with Crippen LogP contribution in [-0.2, 0) is 28.5 Å². The number of likely N-dealkylation sites (tertiary alicyclic amines) is 2. The van der Waals surface area contributed by atoms with E-state index in [-0.39, 0.29) is 59.0 Å². The van der Waals surface area contributed by atoms with E-state index in [1.807, 2.05) is 22.2 Å². The molecule has 66 heavy (non-hydrogen) atoms. The van der Waals surface area contributed by atoms with Crippen molar-refractivity contribution in [3.05, 3.63) is 72.6 Å². The number of imidazole rings is 2. The van der Waals surface area contributed by atoms with Gasteiger partial charge >= 0.3 is 12.2 Å². The molecule has 350 valence electrons. The Labute approximate surface area is 385 Å². The van der Waals surface area contributed by atoms with Crippen LogP contribution in [0.3, 0.4) is 0 Å². The topological polar surface area (TPSA) is 193 Å². The number of aromatic nitrogens is 4. The SMILES string of the molecule is COC(=O)NC(C(=O)N1C(C)CCC1c1ncc(-c2ccc(-c3ccc(-c4cnc(C5CCC(C)N5C(=O)C(NC(=O)OC)C5CCOC6(CC6)C5)[nH]4)cc3)cc2)[nH]1)C1CCOC2(CC2)C1.